The first-order chi connectivity index (χ1) is 57.9. The van der Waals surface area contributed by atoms with Crippen LogP contribution in [0.25, 0.3) is 11.1 Å². The third-order valence-electron chi connectivity index (χ3n) is 23.2. The summed E-state index contributed by atoms with van der Waals surface area (Å²) in [6.45, 7) is 7.78. The SMILES string of the molecule is CCCCCCCCCCCCCC[C@@]1(C)C[C@H](OC2[C@H](Oc3c4cc5cc3Oc3ccc(cc3Cl)[C@@H](O)[C@@H]3NC(=O)[C@H](CC(=O)[C@@H]5NC(=O)[C@H](CC(N)=O)CC(=O)C(NC(=O)[C@@H](CC(C)C)NC)[C@H](O)c5ccc(c(Cl)c5)O4)c4ccc(O)c(c4)-c4c(cc(O)c(CNCP(=O)(O)OC)c4O)[C@H](C(=O)O)NC3=O)O[C@H](CO)[C@@H](O)[C@@H]2O)O[C@@H](C)[C@H]1O. The number of carbonyl (C=O) groups is 8. The number of aliphatic hydroxyl groups excluding tert-OH is 6. The fraction of sp³-hybridized carbons (Fsp3) is 0.553. The highest BCUT2D eigenvalue weighted by molar-refractivity contribution is 7.52. The first-order valence-electron chi connectivity index (χ1n) is 41.1. The van der Waals surface area contributed by atoms with Gasteiger partial charge in [0.05, 0.1) is 58.6 Å². The number of ether oxygens (including phenoxy) is 6. The van der Waals surface area contributed by atoms with E-state index in [1.165, 1.54) is 63.8 Å². The Labute approximate surface area is 715 Å². The molecule has 2 saturated heterocycles. The molecular formula is C85H112Cl2N7O27P. The molecule has 5 amide bonds. The number of likely N-dealkylation sites (N-methyl/N-ethyl adjacent to an activating group) is 1. The molecule has 0 spiro atoms. The maximum atomic E-state index is 16.5. The summed E-state index contributed by atoms with van der Waals surface area (Å²) < 4.78 is 57.0. The van der Waals surface area contributed by atoms with Crippen LogP contribution in [-0.4, -0.2) is 197 Å². The van der Waals surface area contributed by atoms with Crippen molar-refractivity contribution in [2.24, 2.45) is 23.0 Å². The molecule has 0 aliphatic carbocycles. The van der Waals surface area contributed by atoms with E-state index in [1.807, 2.05) is 20.8 Å². The number of ketones is 2. The number of carbonyl (C=O) groups excluding carboxylic acids is 7. The zero-order chi connectivity index (χ0) is 88.9. The minimum absolute atomic E-state index is 0.0224. The number of benzene rings is 5. The zero-order valence-electron chi connectivity index (χ0n) is 68.9. The number of rotatable bonds is 31. The molecule has 0 radical (unpaired) electrons. The molecule has 0 saturated carbocycles. The minimum atomic E-state index is -4.34. The van der Waals surface area contributed by atoms with E-state index in [2.05, 4.69) is 43.3 Å². The molecule has 7 aliphatic heterocycles. The Bertz CT molecular complexity index is 4660. The highest BCUT2D eigenvalue weighted by atomic mass is 35.5. The van der Waals surface area contributed by atoms with Crippen molar-refractivity contribution in [3.8, 4) is 57.1 Å². The van der Waals surface area contributed by atoms with Gasteiger partial charge in [-0.3, -0.25) is 38.1 Å². The number of hydrogen-bond donors (Lipinski definition) is 18. The van der Waals surface area contributed by atoms with Crippen LogP contribution in [0, 0.1) is 17.3 Å². The molecule has 7 aliphatic rings. The van der Waals surface area contributed by atoms with Gasteiger partial charge < -0.3 is 127 Å². The number of nitrogens with two attached hydrogens (primary N) is 1. The van der Waals surface area contributed by atoms with Crippen molar-refractivity contribution in [2.75, 3.05) is 27.1 Å². The number of carboxylic acids is 1. The van der Waals surface area contributed by atoms with Gasteiger partial charge in [-0.15, -0.1) is 0 Å². The molecule has 122 heavy (non-hydrogen) atoms. The monoisotopic (exact) mass is 1760 g/mol. The first-order valence-corrected chi connectivity index (χ1v) is 43.6. The minimum Gasteiger partial charge on any atom is -0.507 e. The maximum Gasteiger partial charge on any atom is 0.341 e. The molecule has 668 valence electrons. The van der Waals surface area contributed by atoms with Crippen LogP contribution in [0.2, 0.25) is 10.0 Å². The summed E-state index contributed by atoms with van der Waals surface area (Å²) in [5.41, 5.74) is 1.58. The molecule has 34 nitrogen and oxygen atoms in total. The molecule has 2 fully saturated rings. The standard InChI is InChI=1S/C85H112Cl2N7O27P/c1-8-9-10-11-12-13-14-15-16-17-18-19-26-85(5)37-65(116-42(4)78(85)106)120-77-75(105)74(104)63(39-95)119-84(77)121-76-61-32-46-33-62(76)118-60-25-22-45(30-53(60)87)72(102)70-82(110)92-68(83(111)112)50-36-56(97)51(38-90-40-122(113,114)115-7)73(103)66(50)49-28-43(20-23-55(49)96)48(80(108)94-70)35-58(99)67(46)91-79(107)47(34-64(88)100)31-57(98)69(93-81(109)54(89-6)27-41(2)3)71(101)44-21-24-59(117-61)52(86)29-44/h20-25,28-30,32-33,36,41-42,47-48,54,63,65,67-72,74-75,77-78,84,89-90,95-97,101-106H,8-19,26-27,31,34-35,37-40H2,1-7H3,(H2,88,100)(H,91,107)(H,92,110)(H,93,109)(H,94,108)(H,111,112)(H,113,114)/t42-,47-,48+,54+,63+,65-,67+,68+,69?,70-,71+,72+,74+,75-,77?,78+,84-,85-/m0/s1. The van der Waals surface area contributed by atoms with Crippen LogP contribution in [0.3, 0.4) is 0 Å². The third kappa shape index (κ3) is 23.1. The zero-order valence-corrected chi connectivity index (χ0v) is 71.3. The predicted molar refractivity (Wildman–Crippen MR) is 442 cm³/mol. The lowest BCUT2D eigenvalue weighted by Gasteiger charge is -2.48. The Morgan fingerprint density at radius 2 is 1.33 bits per heavy atom. The number of aliphatic carboxylic acids is 1. The number of unbranched alkanes of at least 4 members (excludes halogenated alkanes) is 11. The molecule has 5 aromatic carbocycles. The number of amides is 5. The number of aromatic hydroxyl groups is 3. The third-order valence-corrected chi connectivity index (χ3v) is 25.0. The quantitative estimate of drug-likeness (QED) is 0.0146. The van der Waals surface area contributed by atoms with Crippen molar-refractivity contribution in [3.05, 3.63) is 116 Å². The lowest BCUT2D eigenvalue weighted by Crippen LogP contribution is -2.62. The summed E-state index contributed by atoms with van der Waals surface area (Å²) in [6.07, 6.45) is -6.83. The van der Waals surface area contributed by atoms with Gasteiger partial charge in [0.1, 0.15) is 77.4 Å². The molecule has 0 aromatic heterocycles. The molecule has 5 aromatic rings. The van der Waals surface area contributed by atoms with Crippen molar-refractivity contribution < 1.29 is 132 Å². The Hall–Kier alpha value is -8.65. The van der Waals surface area contributed by atoms with Gasteiger partial charge in [0, 0.05) is 61.4 Å². The van der Waals surface area contributed by atoms with Gasteiger partial charge in [-0.1, -0.05) is 146 Å². The molecule has 19 N–H and O–H groups in total. The second-order valence-corrected chi connectivity index (χ2v) is 35.5. The molecule has 7 heterocycles. The van der Waals surface area contributed by atoms with Crippen molar-refractivity contribution in [3.63, 3.8) is 0 Å². The smallest absolute Gasteiger partial charge is 0.341 e. The van der Waals surface area contributed by atoms with E-state index in [-0.39, 0.29) is 52.0 Å². The Kier molecular flexibility index (Phi) is 33.2. The van der Waals surface area contributed by atoms with Crippen molar-refractivity contribution in [1.29, 1.82) is 0 Å². The lowest BCUT2D eigenvalue weighted by molar-refractivity contribution is -0.339. The summed E-state index contributed by atoms with van der Waals surface area (Å²) in [4.78, 5) is 130. The van der Waals surface area contributed by atoms with Gasteiger partial charge in [-0.25, -0.2) is 4.79 Å². The van der Waals surface area contributed by atoms with Gasteiger partial charge >= 0.3 is 13.6 Å². The number of phenolic OH excluding ortho intramolecular Hbond substituents is 3. The molecule has 19 atom stereocenters. The number of halogens is 2. The highest BCUT2D eigenvalue weighted by Crippen LogP contribution is 2.52. The van der Waals surface area contributed by atoms with Crippen molar-refractivity contribution in [2.45, 2.75) is 254 Å². The molecule has 3 unspecified atom stereocenters. The number of aliphatic hydroxyl groups is 6. The van der Waals surface area contributed by atoms with E-state index in [9.17, 15) is 74.9 Å². The van der Waals surface area contributed by atoms with E-state index in [4.69, 9.17) is 57.4 Å². The largest absolute Gasteiger partial charge is 0.507 e. The van der Waals surface area contributed by atoms with Gasteiger partial charge in [0.25, 0.3) is 0 Å². The van der Waals surface area contributed by atoms with Crippen LogP contribution >= 0.6 is 30.8 Å². The normalized spacial score (nSPS) is 27.1. The van der Waals surface area contributed by atoms with Crippen LogP contribution in [0.5, 0.6) is 46.0 Å². The average molecular weight is 1770 g/mol. The predicted octanol–water partition coefficient (Wildman–Crippen LogP) is 8.34. The summed E-state index contributed by atoms with van der Waals surface area (Å²) in [5.74, 6) is -19.4. The second-order valence-electron chi connectivity index (χ2n) is 32.8. The van der Waals surface area contributed by atoms with Crippen LogP contribution in [0.4, 0.5) is 0 Å². The van der Waals surface area contributed by atoms with Gasteiger partial charge in [0.2, 0.25) is 41.6 Å². The van der Waals surface area contributed by atoms with E-state index >= 15 is 24.0 Å². The number of nitrogens with one attached hydrogen (secondary N) is 6. The van der Waals surface area contributed by atoms with Crippen LogP contribution < -0.4 is 51.8 Å². The van der Waals surface area contributed by atoms with Crippen molar-refractivity contribution in [1.82, 2.24) is 31.9 Å². The summed E-state index contributed by atoms with van der Waals surface area (Å²) in [5, 5.41) is 134. The first kappa shape index (κ1) is 95.6. The molecule has 12 rings (SSSR count). The van der Waals surface area contributed by atoms with Crippen molar-refractivity contribution >= 4 is 77.9 Å². The molecular weight excluding hydrogens is 1650 g/mol. The number of primary amides is 1. The Morgan fingerprint density at radius 3 is 1.90 bits per heavy atom. The number of Topliss-reactive ketones (excluding diaryl/α,β-unsaturated/α-hetero) is 2. The van der Waals surface area contributed by atoms with Crippen LogP contribution in [-0.2, 0) is 68.2 Å². The van der Waals surface area contributed by atoms with Crippen LogP contribution in [0.15, 0.2) is 72.8 Å². The van der Waals surface area contributed by atoms with Gasteiger partial charge in [-0.2, -0.15) is 0 Å². The Balaban J connectivity index is 1.17. The fourth-order valence-corrected chi connectivity index (χ4v) is 17.3. The van der Waals surface area contributed by atoms with Gasteiger partial charge in [-0.05, 0) is 110 Å². The summed E-state index contributed by atoms with van der Waals surface area (Å²) in [7, 11) is -1.90. The van der Waals surface area contributed by atoms with E-state index in [1.54, 1.807) is 6.92 Å². The highest BCUT2D eigenvalue weighted by Gasteiger charge is 2.52. The van der Waals surface area contributed by atoms with Crippen LogP contribution in [0.1, 0.15) is 214 Å². The number of fused-ring (bicyclic) bond motifs is 15. The average Bonchev–Trinajstić information content (AvgIpc) is 0.750. The molecule has 37 heteroatoms. The van der Waals surface area contributed by atoms with E-state index in [0.717, 1.165) is 100 Å². The topological polar surface area (TPSA) is 539 Å². The number of hydrogen-bond acceptors (Lipinski definition) is 27. The van der Waals surface area contributed by atoms with E-state index in [0.29, 0.717) is 6.42 Å². The van der Waals surface area contributed by atoms with Gasteiger partial charge in [0.15, 0.2) is 41.5 Å². The van der Waals surface area contributed by atoms with E-state index < -0.39 is 270 Å². The molecule has 11 bridgehead atoms. The fourth-order valence-electron chi connectivity index (χ4n) is 16.3. The second kappa shape index (κ2) is 42.4. The lowest BCUT2D eigenvalue weighted by atomic mass is 9.73. The number of phenols is 3. The summed E-state index contributed by atoms with van der Waals surface area (Å²) >= 11 is 14.4. The Morgan fingerprint density at radius 1 is 0.721 bits per heavy atom. The summed E-state index contributed by atoms with van der Waals surface area (Å²) in [6, 6.07) is 3.36. The maximum absolute atomic E-state index is 16.5. The number of carboxylic acid groups (broad SMARTS) is 1.